The summed E-state index contributed by atoms with van der Waals surface area (Å²) in [6.45, 7) is 0. The summed E-state index contributed by atoms with van der Waals surface area (Å²) in [5, 5.41) is 30.0. The smallest absolute Gasteiger partial charge is 0.832 e. The summed E-state index contributed by atoms with van der Waals surface area (Å²) < 4.78 is 10.6. The van der Waals surface area contributed by atoms with E-state index in [0.717, 1.165) is 0 Å². The molecule has 58 valence electrons. The van der Waals surface area contributed by atoms with Gasteiger partial charge in [-0.3, -0.25) is 0 Å². The second-order valence-corrected chi connectivity index (χ2v) is 0.905. The molecular weight excluding hydrogens is 157 g/mol. The van der Waals surface area contributed by atoms with Crippen LogP contribution in [0.4, 0.5) is 4.39 Å². The van der Waals surface area contributed by atoms with Crippen LogP contribution in [0.1, 0.15) is 0 Å². The Morgan fingerprint density at radius 2 is 1.45 bits per heavy atom. The van der Waals surface area contributed by atoms with E-state index in [1.807, 2.05) is 0 Å². The van der Waals surface area contributed by atoms with E-state index in [1.165, 1.54) is 0 Å². The van der Waals surface area contributed by atoms with Crippen molar-refractivity contribution in [1.82, 2.24) is 0 Å². The van der Waals surface area contributed by atoms with Crippen LogP contribution in [0.25, 0.3) is 0 Å². The van der Waals surface area contributed by atoms with Gasteiger partial charge in [-0.2, -0.15) is 4.39 Å². The third-order valence-corrected chi connectivity index (χ3v) is 0.168. The molecule has 0 atom stereocenters. The molecule has 0 aliphatic rings. The van der Waals surface area contributed by atoms with Crippen LogP contribution >= 0.6 is 0 Å². The number of halogens is 1. The first kappa shape index (κ1) is 16.9. The normalized spacial score (nSPS) is 6.55. The van der Waals surface area contributed by atoms with Crippen molar-refractivity contribution < 1.29 is 53.0 Å². The molecule has 3 N–H and O–H groups in total. The summed E-state index contributed by atoms with van der Waals surface area (Å²) in [7, 11) is -2.42. The number of carboxylic acids is 1. The molecule has 0 aromatic heterocycles. The second-order valence-electron chi connectivity index (χ2n) is 0.905. The maximum Gasteiger partial charge on any atom is 1.00 e. The van der Waals surface area contributed by atoms with Gasteiger partial charge < -0.3 is 20.2 Å². The van der Waals surface area contributed by atoms with Gasteiger partial charge in [0.15, 0.2) is 0 Å². The Balaban J connectivity index is -0.000000114. The van der Waals surface area contributed by atoms with E-state index >= 15 is 0 Å². The van der Waals surface area contributed by atoms with Crippen LogP contribution in [0.3, 0.4) is 0 Å². The van der Waals surface area contributed by atoms with Crippen LogP contribution in [-0.2, 0) is 9.59 Å². The van der Waals surface area contributed by atoms with Crippen molar-refractivity contribution in [1.29, 1.82) is 0 Å². The number of aliphatic carboxylic acids is 1. The van der Waals surface area contributed by atoms with Gasteiger partial charge in [0, 0.05) is 0 Å². The molecule has 0 amide bonds. The van der Waals surface area contributed by atoms with Crippen molar-refractivity contribution in [3.8, 4) is 0 Å². The number of rotatable bonds is 1. The van der Waals surface area contributed by atoms with Gasteiger partial charge in [0.05, 0.1) is 0 Å². The molecule has 0 saturated heterocycles. The van der Waals surface area contributed by atoms with Gasteiger partial charge in [-0.15, -0.1) is 0 Å². The number of hydrogen-bond donors (Lipinski definition) is 3. The monoisotopic (exact) mass is 160 g/mol. The molecule has 0 aliphatic heterocycles. The Morgan fingerprint density at radius 3 is 1.45 bits per heavy atom. The maximum absolute atomic E-state index is 10.6. The molecule has 0 rings (SSSR count). The quantitative estimate of drug-likeness (QED) is 0.199. The summed E-state index contributed by atoms with van der Waals surface area (Å²) in [6.07, 6.45) is 0. The topological polar surface area (TPSA) is 118 Å². The average molecular weight is 160 g/mol. The van der Waals surface area contributed by atoms with Gasteiger partial charge in [-0.1, -0.05) is 0 Å². The van der Waals surface area contributed by atoms with E-state index in [-0.39, 0.29) is 18.9 Å². The third kappa shape index (κ3) is 42.7. The minimum atomic E-state index is -2.42. The minimum Gasteiger partial charge on any atom is -0.832 e. The molecule has 0 spiro atoms. The van der Waals surface area contributed by atoms with Crippen molar-refractivity contribution in [2.24, 2.45) is 0 Å². The first-order chi connectivity index (χ1) is 4.37. The third-order valence-electron chi connectivity index (χ3n) is 0.168. The molecule has 0 fully saturated rings. The molecule has 0 aromatic carbocycles. The predicted octanol–water partition coefficient (Wildman–Crippen LogP) is -6.11. The molecule has 0 bridgehead atoms. The molecule has 0 saturated carbocycles. The Labute approximate surface area is 73.0 Å². The largest absolute Gasteiger partial charge is 1.00 e. The van der Waals surface area contributed by atoms with E-state index in [1.54, 1.807) is 0 Å². The zero-order valence-electron chi connectivity index (χ0n) is 5.52. The van der Waals surface area contributed by atoms with Crippen LogP contribution in [0.15, 0.2) is 0 Å². The number of carbonyl (C=O) groups is 2. The summed E-state index contributed by atoms with van der Waals surface area (Å²) in [5.41, 5.74) is 0. The van der Waals surface area contributed by atoms with E-state index < -0.39 is 19.3 Å². The molecular formula is C2H3BFLiO6. The van der Waals surface area contributed by atoms with Gasteiger partial charge in [0.1, 0.15) is 0 Å². The van der Waals surface area contributed by atoms with E-state index in [2.05, 4.69) is 0 Å². The van der Waals surface area contributed by atoms with Crippen molar-refractivity contribution in [2.75, 3.05) is 0 Å². The Morgan fingerprint density at radius 1 is 1.36 bits per heavy atom. The molecule has 0 aliphatic carbocycles. The molecule has 0 radical (unpaired) electrons. The molecule has 0 heterocycles. The minimum absolute atomic E-state index is 0. The van der Waals surface area contributed by atoms with Gasteiger partial charge in [-0.25, -0.2) is 9.59 Å². The first-order valence-electron chi connectivity index (χ1n) is 1.82. The molecule has 11 heavy (non-hydrogen) atoms. The van der Waals surface area contributed by atoms with Crippen molar-refractivity contribution in [3.05, 3.63) is 0 Å². The van der Waals surface area contributed by atoms with E-state index in [0.29, 0.717) is 0 Å². The number of carboxylic acid groups (broad SMARTS) is 1. The summed E-state index contributed by atoms with van der Waals surface area (Å²) in [4.78, 5) is 17.9. The summed E-state index contributed by atoms with van der Waals surface area (Å²) in [6, 6.07) is -2.32. The molecule has 0 aromatic rings. The van der Waals surface area contributed by atoms with Crippen molar-refractivity contribution in [2.45, 2.75) is 0 Å². The Kier molecular flexibility index (Phi) is 14.8. The number of hydrogen-bond acceptors (Lipinski definition) is 5. The van der Waals surface area contributed by atoms with Crippen LogP contribution in [0.2, 0.25) is 0 Å². The summed E-state index contributed by atoms with van der Waals surface area (Å²) >= 11 is 0. The van der Waals surface area contributed by atoms with Crippen LogP contribution < -0.4 is 23.9 Å². The Hall–Kier alpha value is -0.388. The van der Waals surface area contributed by atoms with Gasteiger partial charge in [0.2, 0.25) is 0 Å². The van der Waals surface area contributed by atoms with Crippen LogP contribution in [0.5, 0.6) is 0 Å². The van der Waals surface area contributed by atoms with Crippen LogP contribution in [0, 0.1) is 0 Å². The van der Waals surface area contributed by atoms with E-state index in [9.17, 15) is 4.39 Å². The van der Waals surface area contributed by atoms with Crippen LogP contribution in [-0.4, -0.2) is 34.5 Å². The average Bonchev–Trinajstić information content (AvgIpc) is 1.63. The molecule has 6 nitrogen and oxygen atoms in total. The fraction of sp³-hybridized carbons (Fsp3) is 0. The maximum atomic E-state index is 10.6. The Bertz CT molecular complexity index is 113. The fourth-order valence-electron chi connectivity index (χ4n) is 0. The SMILES string of the molecule is O=C(O)C(=O)F.[Li+].[O-]B(O)O. The van der Waals surface area contributed by atoms with Gasteiger partial charge in [-0.05, 0) is 0 Å². The zero-order chi connectivity index (χ0) is 8.73. The summed E-state index contributed by atoms with van der Waals surface area (Å²) in [5.74, 6) is -2.05. The fourth-order valence-corrected chi connectivity index (χ4v) is 0. The first-order valence-corrected chi connectivity index (χ1v) is 1.82. The van der Waals surface area contributed by atoms with Crippen molar-refractivity contribution >= 4 is 19.3 Å². The second kappa shape index (κ2) is 9.61. The predicted molar refractivity (Wildman–Crippen MR) is 23.9 cm³/mol. The number of carbonyl (C=O) groups excluding carboxylic acids is 1. The van der Waals surface area contributed by atoms with Gasteiger partial charge >= 0.3 is 38.2 Å². The van der Waals surface area contributed by atoms with E-state index in [4.69, 9.17) is 29.8 Å². The van der Waals surface area contributed by atoms with Gasteiger partial charge in [0.25, 0.3) is 0 Å². The standard InChI is InChI=1S/C2HFO3.BH2O3.Li/c3-1(4)2(5)6;2-1(3)4;/h(H,5,6);2-3H;/q;-1;+1. The molecule has 9 heteroatoms. The molecule has 0 unspecified atom stereocenters. The zero-order valence-corrected chi connectivity index (χ0v) is 5.52. The van der Waals surface area contributed by atoms with Crippen molar-refractivity contribution in [3.63, 3.8) is 0 Å².